The second-order valence-electron chi connectivity index (χ2n) is 3.14. The van der Waals surface area contributed by atoms with E-state index in [9.17, 15) is 0 Å². The van der Waals surface area contributed by atoms with Crippen LogP contribution in [0.3, 0.4) is 0 Å². The monoisotopic (exact) mass is 194 g/mol. The summed E-state index contributed by atoms with van der Waals surface area (Å²) in [6.07, 6.45) is 2.99. The van der Waals surface area contributed by atoms with Crippen LogP contribution in [0.25, 0.3) is 5.03 Å². The third kappa shape index (κ3) is 2.35. The van der Waals surface area contributed by atoms with Crippen LogP contribution in [-0.4, -0.2) is 0 Å². The molecule has 1 aromatic carbocycles. The van der Waals surface area contributed by atoms with Gasteiger partial charge in [0.15, 0.2) is 0 Å². The highest BCUT2D eigenvalue weighted by Crippen LogP contribution is 2.23. The summed E-state index contributed by atoms with van der Waals surface area (Å²) in [6.45, 7) is 6.19. The van der Waals surface area contributed by atoms with E-state index in [-0.39, 0.29) is 0 Å². The smallest absolute Gasteiger partial charge is 0.0438 e. The number of aryl methyl sites for hydroxylation is 2. The van der Waals surface area contributed by atoms with Gasteiger partial charge in [0, 0.05) is 5.03 Å². The Morgan fingerprint density at radius 2 is 2.15 bits per heavy atom. The van der Waals surface area contributed by atoms with Crippen LogP contribution >= 0.6 is 11.6 Å². The molecule has 0 bridgehead atoms. The average Bonchev–Trinajstić information content (AvgIpc) is 2.17. The van der Waals surface area contributed by atoms with E-state index in [4.69, 9.17) is 11.6 Å². The molecule has 0 fully saturated rings. The van der Waals surface area contributed by atoms with Gasteiger partial charge in [-0.05, 0) is 37.0 Å². The first-order chi connectivity index (χ1) is 6.19. The number of halogens is 1. The zero-order chi connectivity index (χ0) is 9.84. The third-order valence-electron chi connectivity index (χ3n) is 2.22. The van der Waals surface area contributed by atoms with Crippen LogP contribution in [0.15, 0.2) is 24.3 Å². The first-order valence-corrected chi connectivity index (χ1v) is 4.98. The van der Waals surface area contributed by atoms with Gasteiger partial charge in [-0.1, -0.05) is 42.8 Å². The number of hydrogen-bond acceptors (Lipinski definition) is 0. The van der Waals surface area contributed by atoms with Gasteiger partial charge in [0.25, 0.3) is 0 Å². The lowest BCUT2D eigenvalue weighted by atomic mass is 10.0. The zero-order valence-electron chi connectivity index (χ0n) is 8.39. The summed E-state index contributed by atoms with van der Waals surface area (Å²) < 4.78 is 0. The quantitative estimate of drug-likeness (QED) is 0.664. The van der Waals surface area contributed by atoms with E-state index in [1.165, 1.54) is 11.1 Å². The van der Waals surface area contributed by atoms with E-state index in [1.807, 2.05) is 13.0 Å². The summed E-state index contributed by atoms with van der Waals surface area (Å²) in [5, 5.41) is 0.841. The molecule has 70 valence electrons. The highest BCUT2D eigenvalue weighted by Gasteiger charge is 2.01. The molecule has 1 rings (SSSR count). The van der Waals surface area contributed by atoms with Crippen LogP contribution < -0.4 is 0 Å². The molecule has 13 heavy (non-hydrogen) atoms. The predicted molar refractivity (Wildman–Crippen MR) is 60.1 cm³/mol. The molecule has 0 aliphatic rings. The van der Waals surface area contributed by atoms with E-state index < -0.39 is 0 Å². The molecule has 0 aromatic heterocycles. The Balaban J connectivity index is 3.19. The molecule has 0 saturated carbocycles. The molecule has 0 heterocycles. The molecule has 0 aliphatic heterocycles. The Labute approximate surface area is 85.2 Å². The molecular formula is C12H15Cl. The Hall–Kier alpha value is -0.750. The number of rotatable bonds is 2. The predicted octanol–water partition coefficient (Wildman–Crippen LogP) is 4.16. The van der Waals surface area contributed by atoms with Crippen LogP contribution in [0.4, 0.5) is 0 Å². The average molecular weight is 195 g/mol. The maximum absolute atomic E-state index is 6.09. The second-order valence-corrected chi connectivity index (χ2v) is 3.55. The minimum absolute atomic E-state index is 0.841. The lowest BCUT2D eigenvalue weighted by molar-refractivity contribution is 1.13. The molecule has 0 radical (unpaired) electrons. The Kier molecular flexibility index (Phi) is 3.56. The second kappa shape index (κ2) is 4.48. The maximum Gasteiger partial charge on any atom is 0.0438 e. The fourth-order valence-corrected chi connectivity index (χ4v) is 1.51. The van der Waals surface area contributed by atoms with E-state index in [1.54, 1.807) is 0 Å². The lowest BCUT2D eigenvalue weighted by Gasteiger charge is -2.06. The summed E-state index contributed by atoms with van der Waals surface area (Å²) in [4.78, 5) is 0. The van der Waals surface area contributed by atoms with Gasteiger partial charge in [-0.15, -0.1) is 0 Å². The van der Waals surface area contributed by atoms with E-state index >= 15 is 0 Å². The van der Waals surface area contributed by atoms with Gasteiger partial charge in [0.2, 0.25) is 0 Å². The molecular weight excluding hydrogens is 180 g/mol. The summed E-state index contributed by atoms with van der Waals surface area (Å²) in [5.74, 6) is 0. The van der Waals surface area contributed by atoms with Crippen LogP contribution in [-0.2, 0) is 6.42 Å². The summed E-state index contributed by atoms with van der Waals surface area (Å²) >= 11 is 6.09. The van der Waals surface area contributed by atoms with Crippen molar-refractivity contribution in [3.05, 3.63) is 41.0 Å². The number of hydrogen-bond donors (Lipinski definition) is 0. The molecule has 0 aliphatic carbocycles. The van der Waals surface area contributed by atoms with Crippen molar-refractivity contribution in [1.82, 2.24) is 0 Å². The lowest BCUT2D eigenvalue weighted by Crippen LogP contribution is -1.87. The molecule has 0 unspecified atom stereocenters. The van der Waals surface area contributed by atoms with E-state index in [0.717, 1.165) is 17.0 Å². The van der Waals surface area contributed by atoms with Crippen molar-refractivity contribution in [3.63, 3.8) is 0 Å². The van der Waals surface area contributed by atoms with Crippen molar-refractivity contribution in [3.8, 4) is 0 Å². The number of benzene rings is 1. The SMILES string of the molecule is C/C=C(/Cl)c1cc(CC)ccc1C. The molecule has 0 nitrogen and oxygen atoms in total. The minimum Gasteiger partial charge on any atom is -0.0840 e. The van der Waals surface area contributed by atoms with Gasteiger partial charge in [-0.2, -0.15) is 0 Å². The van der Waals surface area contributed by atoms with Crippen molar-refractivity contribution in [1.29, 1.82) is 0 Å². The molecule has 0 amide bonds. The van der Waals surface area contributed by atoms with Gasteiger partial charge in [-0.25, -0.2) is 0 Å². The Morgan fingerprint density at radius 3 is 2.69 bits per heavy atom. The highest BCUT2D eigenvalue weighted by atomic mass is 35.5. The zero-order valence-corrected chi connectivity index (χ0v) is 9.15. The van der Waals surface area contributed by atoms with Crippen molar-refractivity contribution < 1.29 is 0 Å². The van der Waals surface area contributed by atoms with Crippen LogP contribution in [0, 0.1) is 6.92 Å². The summed E-state index contributed by atoms with van der Waals surface area (Å²) in [7, 11) is 0. The van der Waals surface area contributed by atoms with Gasteiger partial charge < -0.3 is 0 Å². The fourth-order valence-electron chi connectivity index (χ4n) is 1.30. The fraction of sp³-hybridized carbons (Fsp3) is 0.333. The summed E-state index contributed by atoms with van der Waals surface area (Å²) in [6, 6.07) is 6.44. The Bertz CT molecular complexity index is 324. The van der Waals surface area contributed by atoms with Crippen molar-refractivity contribution in [2.24, 2.45) is 0 Å². The van der Waals surface area contributed by atoms with Crippen LogP contribution in [0.5, 0.6) is 0 Å². The maximum atomic E-state index is 6.09. The number of allylic oxidation sites excluding steroid dienone is 1. The van der Waals surface area contributed by atoms with E-state index in [2.05, 4.69) is 32.0 Å². The van der Waals surface area contributed by atoms with E-state index in [0.29, 0.717) is 0 Å². The van der Waals surface area contributed by atoms with Crippen LogP contribution in [0.2, 0.25) is 0 Å². The van der Waals surface area contributed by atoms with Gasteiger partial charge in [0.1, 0.15) is 0 Å². The molecule has 0 spiro atoms. The Morgan fingerprint density at radius 1 is 1.46 bits per heavy atom. The first-order valence-electron chi connectivity index (χ1n) is 4.60. The molecule has 0 saturated heterocycles. The molecule has 0 N–H and O–H groups in total. The third-order valence-corrected chi connectivity index (χ3v) is 2.64. The van der Waals surface area contributed by atoms with Crippen molar-refractivity contribution >= 4 is 16.6 Å². The standard InChI is InChI=1S/C12H15Cl/c1-4-10-7-6-9(3)11(8-10)12(13)5-2/h5-8H,4H2,1-3H3/b12-5+. The van der Waals surface area contributed by atoms with Crippen LogP contribution in [0.1, 0.15) is 30.5 Å². The van der Waals surface area contributed by atoms with Gasteiger partial charge in [-0.3, -0.25) is 0 Å². The first kappa shape index (κ1) is 10.3. The van der Waals surface area contributed by atoms with Gasteiger partial charge in [0.05, 0.1) is 0 Å². The van der Waals surface area contributed by atoms with Gasteiger partial charge >= 0.3 is 0 Å². The van der Waals surface area contributed by atoms with Crippen molar-refractivity contribution in [2.45, 2.75) is 27.2 Å². The van der Waals surface area contributed by atoms with Crippen molar-refractivity contribution in [2.75, 3.05) is 0 Å². The normalized spacial score (nSPS) is 11.8. The largest absolute Gasteiger partial charge is 0.0840 e. The topological polar surface area (TPSA) is 0 Å². The minimum atomic E-state index is 0.841. The summed E-state index contributed by atoms with van der Waals surface area (Å²) in [5.41, 5.74) is 3.73. The molecule has 1 aromatic rings. The highest BCUT2D eigenvalue weighted by molar-refractivity contribution is 6.48. The molecule has 1 heteroatoms. The molecule has 0 atom stereocenters.